The van der Waals surface area contributed by atoms with Crippen LogP contribution in [0.25, 0.3) is 10.4 Å². The Morgan fingerprint density at radius 1 is 1.12 bits per heavy atom. The lowest BCUT2D eigenvalue weighted by Crippen LogP contribution is -2.54. The Kier molecular flexibility index (Phi) is 9.26. The number of carbonyl (C=O) groups excluding carboxylic acids is 2. The van der Waals surface area contributed by atoms with Gasteiger partial charge in [-0.3, -0.25) is 9.59 Å². The number of amides is 2. The van der Waals surface area contributed by atoms with Gasteiger partial charge in [-0.25, -0.2) is 13.8 Å². The fourth-order valence-corrected chi connectivity index (χ4v) is 5.16. The molecule has 1 fully saturated rings. The van der Waals surface area contributed by atoms with E-state index in [0.29, 0.717) is 17.4 Å². The summed E-state index contributed by atoms with van der Waals surface area (Å²) in [6.45, 7) is 2.54. The minimum Gasteiger partial charge on any atom is -0.389 e. The van der Waals surface area contributed by atoms with Crippen LogP contribution in [0.4, 0.5) is 35.1 Å². The Bertz CT molecular complexity index is 1360. The highest BCUT2D eigenvalue weighted by atomic mass is 32.1. The van der Waals surface area contributed by atoms with Gasteiger partial charge in [0.05, 0.1) is 16.5 Å². The van der Waals surface area contributed by atoms with Gasteiger partial charge >= 0.3 is 12.4 Å². The van der Waals surface area contributed by atoms with Crippen molar-refractivity contribution in [3.8, 4) is 16.5 Å². The predicted molar refractivity (Wildman–Crippen MR) is 131 cm³/mol. The van der Waals surface area contributed by atoms with Crippen molar-refractivity contribution in [1.29, 1.82) is 5.26 Å². The van der Waals surface area contributed by atoms with E-state index in [2.05, 4.69) is 16.4 Å². The second-order valence-electron chi connectivity index (χ2n) is 10.2. The molecule has 1 aromatic heterocycles. The van der Waals surface area contributed by atoms with Gasteiger partial charge in [-0.05, 0) is 32.8 Å². The summed E-state index contributed by atoms with van der Waals surface area (Å²) in [5.74, 6) is -2.17. The molecule has 42 heavy (non-hydrogen) atoms. The van der Waals surface area contributed by atoms with Crippen LogP contribution in [0, 0.1) is 17.2 Å². The maximum atomic E-state index is 14.2. The van der Waals surface area contributed by atoms with E-state index in [4.69, 9.17) is 5.26 Å². The summed E-state index contributed by atoms with van der Waals surface area (Å²) in [5, 5.41) is 30.6. The molecule has 230 valence electrons. The molecule has 1 aliphatic heterocycles. The van der Waals surface area contributed by atoms with Crippen molar-refractivity contribution in [1.82, 2.24) is 15.2 Å². The number of rotatable bonds is 7. The number of benzene rings is 1. The lowest BCUT2D eigenvalue weighted by atomic mass is 9.89. The number of carbonyl (C=O) groups is 2. The van der Waals surface area contributed by atoms with Crippen LogP contribution in [0.15, 0.2) is 18.2 Å². The molecule has 2 aromatic rings. The molecule has 0 radical (unpaired) electrons. The van der Waals surface area contributed by atoms with Gasteiger partial charge in [0, 0.05) is 42.2 Å². The van der Waals surface area contributed by atoms with Crippen molar-refractivity contribution in [3.05, 3.63) is 40.0 Å². The van der Waals surface area contributed by atoms with Gasteiger partial charge in [0.25, 0.3) is 23.8 Å². The highest BCUT2D eigenvalue weighted by Gasteiger charge is 2.71. The van der Waals surface area contributed by atoms with Crippen molar-refractivity contribution < 1.29 is 54.9 Å². The summed E-state index contributed by atoms with van der Waals surface area (Å²) in [4.78, 5) is 30.9. The number of nitrogens with one attached hydrogen (secondary N) is 1. The SMILES string of the molecule is CC(C)(O)CNC(=O)c1nc(C(=O)N2CCC(C#N)CC2)c(-c2ccc(C(O)(C(F)(F)F)C(F)(F)F)cc2C(F)F)s1. The first-order valence-corrected chi connectivity index (χ1v) is 13.0. The quantitative estimate of drug-likeness (QED) is 0.373. The van der Waals surface area contributed by atoms with Gasteiger partial charge in [0.15, 0.2) is 5.01 Å². The fraction of sp³-hybridized carbons (Fsp3) is 0.520. The van der Waals surface area contributed by atoms with E-state index in [1.54, 1.807) is 0 Å². The van der Waals surface area contributed by atoms with Gasteiger partial charge < -0.3 is 20.4 Å². The normalized spacial score (nSPS) is 15.6. The van der Waals surface area contributed by atoms with Crippen molar-refractivity contribution in [3.63, 3.8) is 0 Å². The number of nitrogens with zero attached hydrogens (tertiary/aromatic N) is 3. The van der Waals surface area contributed by atoms with E-state index in [0.717, 1.165) is 0 Å². The van der Waals surface area contributed by atoms with Crippen LogP contribution in [0.2, 0.25) is 0 Å². The lowest BCUT2D eigenvalue weighted by Gasteiger charge is -2.33. The van der Waals surface area contributed by atoms with E-state index in [1.165, 1.54) is 18.7 Å². The molecule has 17 heteroatoms. The largest absolute Gasteiger partial charge is 0.430 e. The zero-order chi connectivity index (χ0) is 31.8. The van der Waals surface area contributed by atoms with E-state index < -0.39 is 74.1 Å². The summed E-state index contributed by atoms with van der Waals surface area (Å²) in [6, 6.07) is 2.52. The lowest BCUT2D eigenvalue weighted by molar-refractivity contribution is -0.376. The summed E-state index contributed by atoms with van der Waals surface area (Å²) in [7, 11) is 0. The van der Waals surface area contributed by atoms with Gasteiger partial charge in [0.2, 0.25) is 0 Å². The Labute approximate surface area is 237 Å². The van der Waals surface area contributed by atoms with E-state index in [1.807, 2.05) is 0 Å². The summed E-state index contributed by atoms with van der Waals surface area (Å²) in [6.07, 6.45) is -15.8. The molecule has 2 heterocycles. The molecule has 0 bridgehead atoms. The van der Waals surface area contributed by atoms with E-state index >= 15 is 0 Å². The second kappa shape index (κ2) is 11.7. The Hall–Kier alpha value is -3.36. The highest BCUT2D eigenvalue weighted by molar-refractivity contribution is 7.17. The summed E-state index contributed by atoms with van der Waals surface area (Å²) in [5.41, 5.74) is -11.4. The average Bonchev–Trinajstić information content (AvgIpc) is 3.34. The predicted octanol–water partition coefficient (Wildman–Crippen LogP) is 4.94. The molecule has 3 rings (SSSR count). The summed E-state index contributed by atoms with van der Waals surface area (Å²) >= 11 is 0.380. The standard InChI is InChI=1S/C25H24F8N4O4S/c1-22(2,40)11-35-19(38)20-36-16(21(39)37-7-5-12(10-34)6-8-37)17(42-20)14-4-3-13(9-15(14)18(26)27)23(41,24(28,29)30)25(31,32)33/h3-4,9,12,18,40-41H,5-8,11H2,1-2H3,(H,35,38). The number of hydrogen-bond donors (Lipinski definition) is 3. The second-order valence-corrected chi connectivity index (χ2v) is 11.2. The molecule has 0 aliphatic carbocycles. The van der Waals surface area contributed by atoms with Crippen LogP contribution in [0.5, 0.6) is 0 Å². The highest BCUT2D eigenvalue weighted by Crippen LogP contribution is 2.51. The molecule has 1 saturated heterocycles. The summed E-state index contributed by atoms with van der Waals surface area (Å²) < 4.78 is 109. The van der Waals surface area contributed by atoms with Crippen LogP contribution >= 0.6 is 11.3 Å². The number of aliphatic hydroxyl groups is 2. The first kappa shape index (κ1) is 33.1. The van der Waals surface area contributed by atoms with Crippen LogP contribution < -0.4 is 5.32 Å². The minimum atomic E-state index is -6.33. The zero-order valence-corrected chi connectivity index (χ0v) is 22.7. The number of nitriles is 1. The van der Waals surface area contributed by atoms with Gasteiger partial charge in [-0.1, -0.05) is 12.1 Å². The molecule has 0 atom stereocenters. The number of piperidine rings is 1. The molecule has 0 unspecified atom stereocenters. The molecule has 0 saturated carbocycles. The topological polar surface area (TPSA) is 127 Å². The molecular formula is C25H24F8N4O4S. The number of hydrogen-bond acceptors (Lipinski definition) is 7. The third kappa shape index (κ3) is 6.65. The zero-order valence-electron chi connectivity index (χ0n) is 21.9. The molecule has 1 aliphatic rings. The molecular weight excluding hydrogens is 604 g/mol. The smallest absolute Gasteiger partial charge is 0.389 e. The molecule has 8 nitrogen and oxygen atoms in total. The number of aromatic nitrogens is 1. The molecule has 1 aromatic carbocycles. The van der Waals surface area contributed by atoms with Gasteiger partial charge in [-0.2, -0.15) is 31.6 Å². The molecule has 3 N–H and O–H groups in total. The van der Waals surface area contributed by atoms with E-state index in [9.17, 15) is 54.9 Å². The Balaban J connectivity index is 2.19. The average molecular weight is 629 g/mol. The van der Waals surface area contributed by atoms with Crippen molar-refractivity contribution in [2.75, 3.05) is 19.6 Å². The number of alkyl halides is 8. The maximum Gasteiger partial charge on any atom is 0.430 e. The molecule has 0 spiro atoms. The van der Waals surface area contributed by atoms with Crippen LogP contribution in [0.1, 0.15) is 64.5 Å². The Morgan fingerprint density at radius 2 is 1.69 bits per heavy atom. The Morgan fingerprint density at radius 3 is 2.17 bits per heavy atom. The van der Waals surface area contributed by atoms with Crippen LogP contribution in [-0.4, -0.2) is 69.5 Å². The van der Waals surface area contributed by atoms with Crippen LogP contribution in [-0.2, 0) is 5.60 Å². The monoisotopic (exact) mass is 628 g/mol. The number of likely N-dealkylation sites (tertiary alicyclic amines) is 1. The first-order chi connectivity index (χ1) is 19.2. The number of halogens is 8. The van der Waals surface area contributed by atoms with Crippen molar-refractivity contribution in [2.45, 2.75) is 56.7 Å². The van der Waals surface area contributed by atoms with E-state index in [-0.39, 0.29) is 50.5 Å². The first-order valence-electron chi connectivity index (χ1n) is 12.2. The van der Waals surface area contributed by atoms with Crippen LogP contribution in [0.3, 0.4) is 0 Å². The third-order valence-electron chi connectivity index (χ3n) is 6.44. The fourth-order valence-electron chi connectivity index (χ4n) is 4.14. The third-order valence-corrected chi connectivity index (χ3v) is 7.53. The molecule has 2 amide bonds. The van der Waals surface area contributed by atoms with Gasteiger partial charge in [-0.15, -0.1) is 11.3 Å². The maximum absolute atomic E-state index is 14.2. The number of thiazole rings is 1. The minimum absolute atomic E-state index is 0.0547. The van der Waals surface area contributed by atoms with Gasteiger partial charge in [0.1, 0.15) is 5.69 Å². The van der Waals surface area contributed by atoms with Crippen molar-refractivity contribution in [2.24, 2.45) is 5.92 Å². The van der Waals surface area contributed by atoms with Crippen molar-refractivity contribution >= 4 is 23.2 Å².